The molecule has 0 saturated carbocycles. The molecule has 98 valence electrons. The first-order valence-electron chi connectivity index (χ1n) is 7.09. The fraction of sp³-hybridized carbons (Fsp3) is 0.625. The average molecular weight is 261 g/mol. The van der Waals surface area contributed by atoms with Crippen molar-refractivity contribution in [1.29, 1.82) is 0 Å². The van der Waals surface area contributed by atoms with Gasteiger partial charge in [0.1, 0.15) is 0 Å². The highest BCUT2D eigenvalue weighted by atomic mass is 32.1. The summed E-state index contributed by atoms with van der Waals surface area (Å²) >= 11 is 2.01. The van der Waals surface area contributed by atoms with Gasteiger partial charge >= 0.3 is 0 Å². The number of hydrogen-bond acceptors (Lipinski definition) is 2. The summed E-state index contributed by atoms with van der Waals surface area (Å²) in [4.78, 5) is 3.13. The smallest absolute Gasteiger partial charge is 0.0525 e. The fourth-order valence-corrected chi connectivity index (χ4v) is 3.81. The molecule has 1 aliphatic carbocycles. The Morgan fingerprint density at radius 2 is 2.22 bits per heavy atom. The maximum atomic E-state index is 3.64. The molecule has 0 bridgehead atoms. The molecule has 1 unspecified atom stereocenters. The molecular formula is C16H23NS. The van der Waals surface area contributed by atoms with Gasteiger partial charge in [0.05, 0.1) is 6.04 Å². The molecule has 1 atom stereocenters. The van der Waals surface area contributed by atoms with E-state index >= 15 is 0 Å². The fourth-order valence-electron chi connectivity index (χ4n) is 2.48. The number of fused-ring (bicyclic) bond motifs is 1. The van der Waals surface area contributed by atoms with E-state index < -0.39 is 0 Å². The number of aryl methyl sites for hydroxylation is 2. The highest BCUT2D eigenvalue weighted by Gasteiger charge is 2.18. The van der Waals surface area contributed by atoms with Gasteiger partial charge in [0.25, 0.3) is 0 Å². The predicted molar refractivity (Wildman–Crippen MR) is 80.1 cm³/mol. The van der Waals surface area contributed by atoms with Crippen LogP contribution in [0.25, 0.3) is 0 Å². The largest absolute Gasteiger partial charge is 0.308 e. The third-order valence-corrected chi connectivity index (χ3v) is 4.83. The van der Waals surface area contributed by atoms with E-state index in [4.69, 9.17) is 0 Å². The molecule has 1 aromatic rings. The summed E-state index contributed by atoms with van der Waals surface area (Å²) in [6, 6.07) is 2.87. The maximum absolute atomic E-state index is 3.64. The Bertz CT molecular complexity index is 412. The normalized spacial score (nSPS) is 15.7. The second-order valence-corrected chi connectivity index (χ2v) is 6.11. The molecule has 1 heterocycles. The van der Waals surface area contributed by atoms with Crippen molar-refractivity contribution in [2.75, 3.05) is 6.54 Å². The molecule has 2 rings (SSSR count). The monoisotopic (exact) mass is 261 g/mol. The van der Waals surface area contributed by atoms with Crippen LogP contribution in [0.5, 0.6) is 0 Å². The minimum Gasteiger partial charge on any atom is -0.308 e. The van der Waals surface area contributed by atoms with Gasteiger partial charge in [-0.3, -0.25) is 0 Å². The van der Waals surface area contributed by atoms with Crippen LogP contribution in [0.4, 0.5) is 0 Å². The van der Waals surface area contributed by atoms with Crippen molar-refractivity contribution in [2.45, 2.75) is 58.4 Å². The van der Waals surface area contributed by atoms with Gasteiger partial charge in [-0.15, -0.1) is 23.2 Å². The summed E-state index contributed by atoms with van der Waals surface area (Å²) in [5, 5.41) is 3.64. The minimum atomic E-state index is 0.438. The zero-order valence-corrected chi connectivity index (χ0v) is 12.3. The van der Waals surface area contributed by atoms with Crippen LogP contribution in [0, 0.1) is 11.8 Å². The van der Waals surface area contributed by atoms with E-state index in [1.165, 1.54) is 37.0 Å². The van der Waals surface area contributed by atoms with Crippen LogP contribution in [0.2, 0.25) is 0 Å². The first kappa shape index (κ1) is 13.6. The van der Waals surface area contributed by atoms with Gasteiger partial charge in [0.15, 0.2) is 0 Å². The highest BCUT2D eigenvalue weighted by Crippen LogP contribution is 2.33. The van der Waals surface area contributed by atoms with Gasteiger partial charge in [0.2, 0.25) is 0 Å². The molecule has 1 N–H and O–H groups in total. The summed E-state index contributed by atoms with van der Waals surface area (Å²) < 4.78 is 0. The molecule has 1 aromatic heterocycles. The van der Waals surface area contributed by atoms with E-state index in [1.807, 2.05) is 18.3 Å². The van der Waals surface area contributed by atoms with E-state index in [0.717, 1.165) is 13.0 Å². The minimum absolute atomic E-state index is 0.438. The number of hydrogen-bond donors (Lipinski definition) is 1. The standard InChI is InChI=1S/C16H23NS/c1-3-5-9-14(17-11-4-2)16-12-13-8-6-7-10-15(13)18-16/h12,14,17H,4,6-11H2,1-2H3. The van der Waals surface area contributed by atoms with Crippen molar-refractivity contribution in [1.82, 2.24) is 5.32 Å². The maximum Gasteiger partial charge on any atom is 0.0525 e. The van der Waals surface area contributed by atoms with Crippen molar-refractivity contribution >= 4 is 11.3 Å². The number of rotatable bonds is 5. The first-order chi connectivity index (χ1) is 8.85. The number of thiophene rings is 1. The van der Waals surface area contributed by atoms with Gasteiger partial charge in [0, 0.05) is 16.2 Å². The van der Waals surface area contributed by atoms with Crippen molar-refractivity contribution < 1.29 is 0 Å². The second-order valence-electron chi connectivity index (χ2n) is 4.94. The summed E-state index contributed by atoms with van der Waals surface area (Å²) in [5.74, 6) is 6.25. The lowest BCUT2D eigenvalue weighted by molar-refractivity contribution is 0.549. The molecule has 18 heavy (non-hydrogen) atoms. The van der Waals surface area contributed by atoms with Crippen LogP contribution in [0.3, 0.4) is 0 Å². The van der Waals surface area contributed by atoms with Gasteiger partial charge in [-0.25, -0.2) is 0 Å². The second kappa shape index (κ2) is 6.97. The Morgan fingerprint density at radius 1 is 1.39 bits per heavy atom. The van der Waals surface area contributed by atoms with Crippen LogP contribution < -0.4 is 5.32 Å². The highest BCUT2D eigenvalue weighted by molar-refractivity contribution is 7.12. The summed E-state index contributed by atoms with van der Waals surface area (Å²) in [6.45, 7) is 5.23. The van der Waals surface area contributed by atoms with Crippen LogP contribution in [0.15, 0.2) is 6.07 Å². The van der Waals surface area contributed by atoms with Gasteiger partial charge in [-0.2, -0.15) is 0 Å². The van der Waals surface area contributed by atoms with Gasteiger partial charge in [-0.05, 0) is 57.2 Å². The van der Waals surface area contributed by atoms with Crippen molar-refractivity contribution in [3.05, 3.63) is 21.4 Å². The zero-order chi connectivity index (χ0) is 12.8. The number of nitrogens with one attached hydrogen (secondary N) is 1. The van der Waals surface area contributed by atoms with E-state index in [-0.39, 0.29) is 0 Å². The average Bonchev–Trinajstić information content (AvgIpc) is 2.82. The molecule has 0 radical (unpaired) electrons. The molecule has 0 amide bonds. The van der Waals surface area contributed by atoms with Crippen molar-refractivity contribution in [3.8, 4) is 11.8 Å². The summed E-state index contributed by atoms with van der Waals surface area (Å²) in [5.41, 5.74) is 1.61. The lowest BCUT2D eigenvalue weighted by atomic mass is 9.98. The molecule has 0 aliphatic heterocycles. The Labute approximate surface area is 115 Å². The molecule has 0 aromatic carbocycles. The van der Waals surface area contributed by atoms with E-state index in [2.05, 4.69) is 30.1 Å². The van der Waals surface area contributed by atoms with Crippen LogP contribution in [-0.4, -0.2) is 6.54 Å². The van der Waals surface area contributed by atoms with Crippen molar-refractivity contribution in [3.63, 3.8) is 0 Å². The molecule has 0 fully saturated rings. The summed E-state index contributed by atoms with van der Waals surface area (Å²) in [7, 11) is 0. The lowest BCUT2D eigenvalue weighted by Crippen LogP contribution is -2.20. The molecule has 0 spiro atoms. The van der Waals surface area contributed by atoms with Crippen molar-refractivity contribution in [2.24, 2.45) is 0 Å². The molecule has 1 nitrogen and oxygen atoms in total. The SMILES string of the molecule is CC#CCC(NCCC)c1cc2c(s1)CCCC2. The third-order valence-electron chi connectivity index (χ3n) is 3.48. The summed E-state index contributed by atoms with van der Waals surface area (Å²) in [6.07, 6.45) is 7.43. The van der Waals surface area contributed by atoms with Crippen LogP contribution in [-0.2, 0) is 12.8 Å². The van der Waals surface area contributed by atoms with Gasteiger partial charge in [-0.1, -0.05) is 6.92 Å². The van der Waals surface area contributed by atoms with E-state index in [0.29, 0.717) is 6.04 Å². The molecule has 2 heteroatoms. The van der Waals surface area contributed by atoms with Gasteiger partial charge < -0.3 is 5.32 Å². The van der Waals surface area contributed by atoms with E-state index in [9.17, 15) is 0 Å². The Hall–Kier alpha value is -0.780. The quantitative estimate of drug-likeness (QED) is 0.788. The Kier molecular flexibility index (Phi) is 5.28. The topological polar surface area (TPSA) is 12.0 Å². The Balaban J connectivity index is 2.12. The first-order valence-corrected chi connectivity index (χ1v) is 7.91. The molecule has 1 aliphatic rings. The van der Waals surface area contributed by atoms with E-state index in [1.54, 1.807) is 10.4 Å². The Morgan fingerprint density at radius 3 is 2.94 bits per heavy atom. The molecular weight excluding hydrogens is 238 g/mol. The van der Waals surface area contributed by atoms with Crippen LogP contribution >= 0.6 is 11.3 Å². The zero-order valence-electron chi connectivity index (χ0n) is 11.5. The molecule has 0 saturated heterocycles. The predicted octanol–water partition coefficient (Wildman–Crippen LogP) is 4.08. The third kappa shape index (κ3) is 3.37. The lowest BCUT2D eigenvalue weighted by Gasteiger charge is -2.14. The van der Waals surface area contributed by atoms with Crippen LogP contribution in [0.1, 0.15) is 60.9 Å².